The van der Waals surface area contributed by atoms with Crippen LogP contribution in [0.2, 0.25) is 0 Å². The van der Waals surface area contributed by atoms with E-state index in [0.717, 1.165) is 0 Å². The minimum atomic E-state index is -1.05. The summed E-state index contributed by atoms with van der Waals surface area (Å²) in [6.07, 6.45) is 2.79. The Bertz CT molecular complexity index is 522. The standard InChI is InChI=1S/C10H9N3O3/c1-16-6-2-3-11-8(4-6)9-7(10(14)15)5-12-13-9/h2-5H,1H3,(H,12,13)(H,14,15). The highest BCUT2D eigenvalue weighted by Crippen LogP contribution is 2.22. The van der Waals surface area contributed by atoms with Crippen molar-refractivity contribution in [2.75, 3.05) is 7.11 Å². The lowest BCUT2D eigenvalue weighted by atomic mass is 10.2. The summed E-state index contributed by atoms with van der Waals surface area (Å²) in [5, 5.41) is 15.2. The van der Waals surface area contributed by atoms with E-state index in [1.54, 1.807) is 18.3 Å². The zero-order chi connectivity index (χ0) is 11.5. The van der Waals surface area contributed by atoms with Crippen molar-refractivity contribution < 1.29 is 14.6 Å². The van der Waals surface area contributed by atoms with Gasteiger partial charge >= 0.3 is 5.97 Å². The highest BCUT2D eigenvalue weighted by Gasteiger charge is 2.15. The van der Waals surface area contributed by atoms with Crippen molar-refractivity contribution in [2.45, 2.75) is 0 Å². The number of methoxy groups -OCH3 is 1. The summed E-state index contributed by atoms with van der Waals surface area (Å²) >= 11 is 0. The van der Waals surface area contributed by atoms with Gasteiger partial charge in [-0.2, -0.15) is 5.10 Å². The molecule has 0 fully saturated rings. The molecule has 6 nitrogen and oxygen atoms in total. The molecule has 6 heteroatoms. The topological polar surface area (TPSA) is 88.1 Å². The van der Waals surface area contributed by atoms with Gasteiger partial charge in [0.2, 0.25) is 0 Å². The molecule has 82 valence electrons. The maximum Gasteiger partial charge on any atom is 0.339 e. The van der Waals surface area contributed by atoms with Gasteiger partial charge in [0.05, 0.1) is 24.7 Å². The van der Waals surface area contributed by atoms with Crippen LogP contribution >= 0.6 is 0 Å². The van der Waals surface area contributed by atoms with Crippen molar-refractivity contribution in [3.63, 3.8) is 0 Å². The molecule has 0 radical (unpaired) electrons. The van der Waals surface area contributed by atoms with E-state index in [0.29, 0.717) is 17.1 Å². The molecule has 0 amide bonds. The predicted octanol–water partition coefficient (Wildman–Crippen LogP) is 1.18. The van der Waals surface area contributed by atoms with Crippen LogP contribution in [-0.2, 0) is 0 Å². The minimum absolute atomic E-state index is 0.0840. The number of pyridine rings is 1. The van der Waals surface area contributed by atoms with E-state index in [-0.39, 0.29) is 5.56 Å². The van der Waals surface area contributed by atoms with E-state index in [4.69, 9.17) is 9.84 Å². The molecule has 0 aliphatic rings. The zero-order valence-electron chi connectivity index (χ0n) is 8.47. The summed E-state index contributed by atoms with van der Waals surface area (Å²) in [7, 11) is 1.53. The highest BCUT2D eigenvalue weighted by atomic mass is 16.5. The van der Waals surface area contributed by atoms with Crippen LogP contribution < -0.4 is 4.74 Å². The number of carboxylic acids is 1. The Hall–Kier alpha value is -2.37. The largest absolute Gasteiger partial charge is 0.497 e. The number of aromatic amines is 1. The van der Waals surface area contributed by atoms with Gasteiger partial charge in [-0.1, -0.05) is 0 Å². The Morgan fingerprint density at radius 1 is 1.56 bits per heavy atom. The molecule has 2 N–H and O–H groups in total. The minimum Gasteiger partial charge on any atom is -0.497 e. The number of carboxylic acid groups (broad SMARTS) is 1. The molecule has 0 unspecified atom stereocenters. The molecule has 16 heavy (non-hydrogen) atoms. The normalized spacial score (nSPS) is 10.1. The molecule has 0 saturated carbocycles. The first-order valence-corrected chi connectivity index (χ1v) is 4.49. The van der Waals surface area contributed by atoms with E-state index in [1.807, 2.05) is 0 Å². The summed E-state index contributed by atoms with van der Waals surface area (Å²) < 4.78 is 5.03. The number of carbonyl (C=O) groups is 1. The Labute approximate surface area is 90.9 Å². The van der Waals surface area contributed by atoms with Crippen molar-refractivity contribution in [1.29, 1.82) is 0 Å². The van der Waals surface area contributed by atoms with Crippen LogP contribution in [0.1, 0.15) is 10.4 Å². The zero-order valence-corrected chi connectivity index (χ0v) is 8.47. The van der Waals surface area contributed by atoms with Gasteiger partial charge in [-0.15, -0.1) is 0 Å². The number of hydrogen-bond donors (Lipinski definition) is 2. The second-order valence-electron chi connectivity index (χ2n) is 3.04. The van der Waals surface area contributed by atoms with Crippen molar-refractivity contribution >= 4 is 5.97 Å². The van der Waals surface area contributed by atoms with Crippen molar-refractivity contribution in [3.8, 4) is 17.1 Å². The van der Waals surface area contributed by atoms with Gasteiger partial charge in [0.25, 0.3) is 0 Å². The Morgan fingerprint density at radius 3 is 3.06 bits per heavy atom. The van der Waals surface area contributed by atoms with Crippen molar-refractivity contribution in [2.24, 2.45) is 0 Å². The number of ether oxygens (including phenoxy) is 1. The lowest BCUT2D eigenvalue weighted by Crippen LogP contribution is -1.98. The fraction of sp³-hybridized carbons (Fsp3) is 0.100. The number of nitrogens with one attached hydrogen (secondary N) is 1. The number of aromatic carboxylic acids is 1. The van der Waals surface area contributed by atoms with Crippen LogP contribution in [0.25, 0.3) is 11.4 Å². The van der Waals surface area contributed by atoms with Gasteiger partial charge in [-0.25, -0.2) is 4.79 Å². The van der Waals surface area contributed by atoms with Gasteiger partial charge in [0.15, 0.2) is 0 Å². The van der Waals surface area contributed by atoms with E-state index in [1.165, 1.54) is 13.3 Å². The number of hydrogen-bond acceptors (Lipinski definition) is 4. The van der Waals surface area contributed by atoms with E-state index < -0.39 is 5.97 Å². The lowest BCUT2D eigenvalue weighted by Gasteiger charge is -2.02. The molecular weight excluding hydrogens is 210 g/mol. The number of nitrogens with zero attached hydrogens (tertiary/aromatic N) is 2. The lowest BCUT2D eigenvalue weighted by molar-refractivity contribution is 0.0698. The highest BCUT2D eigenvalue weighted by molar-refractivity contribution is 5.94. The Kier molecular flexibility index (Phi) is 2.55. The van der Waals surface area contributed by atoms with Crippen molar-refractivity contribution in [1.82, 2.24) is 15.2 Å². The van der Waals surface area contributed by atoms with Crippen LogP contribution in [0.15, 0.2) is 24.5 Å². The van der Waals surface area contributed by atoms with Gasteiger partial charge in [0, 0.05) is 12.3 Å². The van der Waals surface area contributed by atoms with E-state index >= 15 is 0 Å². The monoisotopic (exact) mass is 219 g/mol. The maximum atomic E-state index is 10.9. The molecule has 0 aliphatic heterocycles. The molecule has 0 aromatic carbocycles. The van der Waals surface area contributed by atoms with Crippen molar-refractivity contribution in [3.05, 3.63) is 30.1 Å². The average Bonchev–Trinajstić information content (AvgIpc) is 2.78. The Balaban J connectivity index is 2.50. The third-order valence-electron chi connectivity index (χ3n) is 2.09. The molecule has 0 bridgehead atoms. The molecule has 2 rings (SSSR count). The molecule has 2 aromatic heterocycles. The summed E-state index contributed by atoms with van der Waals surface area (Å²) in [4.78, 5) is 14.9. The van der Waals surface area contributed by atoms with Crippen LogP contribution in [0.5, 0.6) is 5.75 Å². The van der Waals surface area contributed by atoms with Gasteiger partial charge in [0.1, 0.15) is 11.3 Å². The third kappa shape index (κ3) is 1.72. The van der Waals surface area contributed by atoms with Crippen LogP contribution in [0.4, 0.5) is 0 Å². The molecule has 0 saturated heterocycles. The molecule has 0 aliphatic carbocycles. The molecule has 0 spiro atoms. The summed E-state index contributed by atoms with van der Waals surface area (Å²) in [5.41, 5.74) is 0.932. The first-order chi connectivity index (χ1) is 7.72. The smallest absolute Gasteiger partial charge is 0.339 e. The fourth-order valence-electron chi connectivity index (χ4n) is 1.32. The molecular formula is C10H9N3O3. The maximum absolute atomic E-state index is 10.9. The first-order valence-electron chi connectivity index (χ1n) is 4.49. The van der Waals surface area contributed by atoms with E-state index in [2.05, 4.69) is 15.2 Å². The first kappa shape index (κ1) is 10.2. The van der Waals surface area contributed by atoms with Crippen LogP contribution in [0.3, 0.4) is 0 Å². The molecule has 2 aromatic rings. The fourth-order valence-corrected chi connectivity index (χ4v) is 1.32. The third-order valence-corrected chi connectivity index (χ3v) is 2.09. The summed E-state index contributed by atoms with van der Waals surface area (Å²) in [6.45, 7) is 0. The Morgan fingerprint density at radius 2 is 2.38 bits per heavy atom. The van der Waals surface area contributed by atoms with Gasteiger partial charge < -0.3 is 9.84 Å². The number of H-pyrrole nitrogens is 1. The molecule has 2 heterocycles. The van der Waals surface area contributed by atoms with Crippen LogP contribution in [-0.4, -0.2) is 33.4 Å². The van der Waals surface area contributed by atoms with Crippen LogP contribution in [0, 0.1) is 0 Å². The quantitative estimate of drug-likeness (QED) is 0.809. The number of rotatable bonds is 3. The summed E-state index contributed by atoms with van der Waals surface area (Å²) in [5.74, 6) is -0.440. The SMILES string of the molecule is COc1ccnc(-c2[nH]ncc2C(=O)O)c1. The number of aromatic nitrogens is 3. The van der Waals surface area contributed by atoms with E-state index in [9.17, 15) is 4.79 Å². The predicted molar refractivity (Wildman–Crippen MR) is 55.3 cm³/mol. The summed E-state index contributed by atoms with van der Waals surface area (Å²) in [6, 6.07) is 3.32. The second kappa shape index (κ2) is 4.01. The van der Waals surface area contributed by atoms with Gasteiger partial charge in [-0.3, -0.25) is 10.1 Å². The second-order valence-corrected chi connectivity index (χ2v) is 3.04. The average molecular weight is 219 g/mol. The van der Waals surface area contributed by atoms with Gasteiger partial charge in [-0.05, 0) is 6.07 Å². The molecule has 0 atom stereocenters.